The summed E-state index contributed by atoms with van der Waals surface area (Å²) in [5, 5.41) is 7.56. The van der Waals surface area contributed by atoms with Crippen LogP contribution in [0.15, 0.2) is 77.3 Å². The summed E-state index contributed by atoms with van der Waals surface area (Å²) in [7, 11) is 1.55. The molecule has 2 N–H and O–H groups in total. The highest BCUT2D eigenvalue weighted by Gasteiger charge is 2.43. The molecule has 37 heavy (non-hydrogen) atoms. The van der Waals surface area contributed by atoms with Crippen LogP contribution in [-0.2, 0) is 4.79 Å². The van der Waals surface area contributed by atoms with Crippen molar-refractivity contribution in [3.05, 3.63) is 94.4 Å². The van der Waals surface area contributed by atoms with Crippen molar-refractivity contribution < 1.29 is 13.9 Å². The zero-order chi connectivity index (χ0) is 26.1. The second kappa shape index (κ2) is 10.4. The molecule has 0 unspecified atom stereocenters. The van der Waals surface area contributed by atoms with Gasteiger partial charge in [0, 0.05) is 24.4 Å². The van der Waals surface area contributed by atoms with E-state index in [9.17, 15) is 4.79 Å². The summed E-state index contributed by atoms with van der Waals surface area (Å²) in [6.07, 6.45) is 1.74. The highest BCUT2D eigenvalue weighted by molar-refractivity contribution is 7.80. The zero-order valence-corrected chi connectivity index (χ0v) is 22.2. The van der Waals surface area contributed by atoms with E-state index < -0.39 is 6.04 Å². The van der Waals surface area contributed by atoms with Gasteiger partial charge in [-0.3, -0.25) is 9.78 Å². The number of methoxy groups -OCH3 is 1. The Hall–Kier alpha value is -3.59. The van der Waals surface area contributed by atoms with E-state index in [1.165, 1.54) is 6.92 Å². The molecule has 1 aliphatic heterocycles. The number of carbonyl (C=O) groups is 1. The molecule has 188 valence electrons. The molecular weight excluding hydrogens is 531 g/mol. The van der Waals surface area contributed by atoms with E-state index in [0.717, 1.165) is 11.4 Å². The first-order valence-corrected chi connectivity index (χ1v) is 12.5. The summed E-state index contributed by atoms with van der Waals surface area (Å²) in [4.78, 5) is 18.3. The summed E-state index contributed by atoms with van der Waals surface area (Å²) in [6, 6.07) is 19.7. The summed E-state index contributed by atoms with van der Waals surface area (Å²) in [5.74, 6) is 1.54. The van der Waals surface area contributed by atoms with Gasteiger partial charge in [-0.1, -0.05) is 35.3 Å². The molecule has 1 saturated heterocycles. The van der Waals surface area contributed by atoms with Crippen LogP contribution in [0.4, 0.5) is 11.4 Å². The molecular formula is C27H22Cl2N4O3S. The van der Waals surface area contributed by atoms with Crippen molar-refractivity contribution in [3.63, 3.8) is 0 Å². The van der Waals surface area contributed by atoms with Gasteiger partial charge in [-0.15, -0.1) is 0 Å². The third kappa shape index (κ3) is 4.87. The Morgan fingerprint density at radius 1 is 1.14 bits per heavy atom. The van der Waals surface area contributed by atoms with E-state index in [2.05, 4.69) is 15.6 Å². The Balaban J connectivity index is 1.62. The zero-order valence-electron chi connectivity index (χ0n) is 19.9. The number of rotatable bonds is 6. The van der Waals surface area contributed by atoms with Crippen LogP contribution in [-0.4, -0.2) is 23.1 Å². The Labute approximate surface area is 229 Å². The van der Waals surface area contributed by atoms with Crippen LogP contribution in [0, 0.1) is 0 Å². The SMILES string of the molecule is COc1ccc(N2C(=S)N[C@@H](c3ccccn3)[C@@H]2c2ccc(-c3cccc(Cl)c3Cl)o2)cc1NC(C)=O. The molecule has 0 saturated carbocycles. The minimum absolute atomic E-state index is 0.213. The molecule has 0 spiro atoms. The smallest absolute Gasteiger partial charge is 0.221 e. The van der Waals surface area contributed by atoms with Crippen LogP contribution in [0.25, 0.3) is 11.3 Å². The highest BCUT2D eigenvalue weighted by atomic mass is 35.5. The van der Waals surface area contributed by atoms with E-state index in [-0.39, 0.29) is 11.9 Å². The average Bonchev–Trinajstić information content (AvgIpc) is 3.50. The second-order valence-electron chi connectivity index (χ2n) is 8.37. The predicted octanol–water partition coefficient (Wildman–Crippen LogP) is 6.79. The lowest BCUT2D eigenvalue weighted by molar-refractivity contribution is -0.114. The number of hydrogen-bond donors (Lipinski definition) is 2. The van der Waals surface area contributed by atoms with E-state index in [0.29, 0.717) is 43.7 Å². The van der Waals surface area contributed by atoms with Gasteiger partial charge in [-0.25, -0.2) is 0 Å². The van der Waals surface area contributed by atoms with Gasteiger partial charge in [-0.2, -0.15) is 0 Å². The van der Waals surface area contributed by atoms with Gasteiger partial charge in [0.1, 0.15) is 23.3 Å². The summed E-state index contributed by atoms with van der Waals surface area (Å²) in [5.41, 5.74) is 2.75. The second-order valence-corrected chi connectivity index (χ2v) is 9.54. The van der Waals surface area contributed by atoms with Gasteiger partial charge in [0.05, 0.1) is 34.6 Å². The van der Waals surface area contributed by atoms with E-state index >= 15 is 0 Å². The number of benzene rings is 2. The van der Waals surface area contributed by atoms with Gasteiger partial charge in [0.2, 0.25) is 5.91 Å². The van der Waals surface area contributed by atoms with E-state index in [1.54, 1.807) is 25.4 Å². The number of thiocarbonyl (C=S) groups is 1. The van der Waals surface area contributed by atoms with Crippen molar-refractivity contribution in [2.75, 3.05) is 17.3 Å². The lowest BCUT2D eigenvalue weighted by Gasteiger charge is -2.27. The van der Waals surface area contributed by atoms with Crippen molar-refractivity contribution in [1.29, 1.82) is 0 Å². The molecule has 3 heterocycles. The predicted molar refractivity (Wildman–Crippen MR) is 149 cm³/mol. The first-order chi connectivity index (χ1) is 17.9. The summed E-state index contributed by atoms with van der Waals surface area (Å²) in [6.45, 7) is 1.44. The van der Waals surface area contributed by atoms with Crippen molar-refractivity contribution in [1.82, 2.24) is 10.3 Å². The molecule has 0 radical (unpaired) electrons. The number of furan rings is 1. The highest BCUT2D eigenvalue weighted by Crippen LogP contribution is 2.45. The van der Waals surface area contributed by atoms with Gasteiger partial charge >= 0.3 is 0 Å². The lowest BCUT2D eigenvalue weighted by atomic mass is 10.0. The molecule has 2 atom stereocenters. The summed E-state index contributed by atoms with van der Waals surface area (Å²) >= 11 is 18.5. The quantitative estimate of drug-likeness (QED) is 0.255. The van der Waals surface area contributed by atoms with Gasteiger partial charge in [0.15, 0.2) is 5.11 Å². The van der Waals surface area contributed by atoms with Crippen molar-refractivity contribution in [2.24, 2.45) is 0 Å². The Bertz CT molecular complexity index is 1480. The number of halogens is 2. The standard InChI is InChI=1S/C27H22Cl2N4O3S/c1-15(34)31-20-14-16(9-10-22(20)35-2)33-26(25(32-27(33)37)19-8-3-4-13-30-19)23-12-11-21(36-23)17-6-5-7-18(28)24(17)29/h3-14,25-26H,1-2H3,(H,31,34)(H,32,37)/t25-,26-/m0/s1. The maximum atomic E-state index is 11.8. The Kier molecular flexibility index (Phi) is 7.06. The number of aromatic nitrogens is 1. The van der Waals surface area contributed by atoms with Crippen LogP contribution in [0.1, 0.15) is 30.5 Å². The molecule has 1 aliphatic rings. The monoisotopic (exact) mass is 552 g/mol. The Morgan fingerprint density at radius 3 is 2.70 bits per heavy atom. The maximum absolute atomic E-state index is 11.8. The topological polar surface area (TPSA) is 79.6 Å². The number of amides is 1. The first kappa shape index (κ1) is 25.1. The lowest BCUT2D eigenvalue weighted by Crippen LogP contribution is -2.29. The molecule has 2 aromatic heterocycles. The number of nitrogens with one attached hydrogen (secondary N) is 2. The molecule has 1 fully saturated rings. The average molecular weight is 553 g/mol. The van der Waals surface area contributed by atoms with Crippen LogP contribution in [0.5, 0.6) is 5.75 Å². The number of carbonyl (C=O) groups excluding carboxylic acids is 1. The fourth-order valence-electron chi connectivity index (χ4n) is 4.41. The largest absolute Gasteiger partial charge is 0.495 e. The molecule has 10 heteroatoms. The molecule has 0 bridgehead atoms. The van der Waals surface area contributed by atoms with Crippen LogP contribution >= 0.6 is 35.4 Å². The number of nitrogens with zero attached hydrogens (tertiary/aromatic N) is 2. The van der Waals surface area contributed by atoms with Gasteiger partial charge in [0.25, 0.3) is 0 Å². The van der Waals surface area contributed by atoms with Gasteiger partial charge in [-0.05, 0) is 66.8 Å². The van der Waals surface area contributed by atoms with Crippen molar-refractivity contribution >= 4 is 57.8 Å². The Morgan fingerprint density at radius 2 is 1.97 bits per heavy atom. The summed E-state index contributed by atoms with van der Waals surface area (Å²) < 4.78 is 11.8. The maximum Gasteiger partial charge on any atom is 0.221 e. The number of anilines is 2. The molecule has 1 amide bonds. The molecule has 5 rings (SSSR count). The fourth-order valence-corrected chi connectivity index (χ4v) is 5.15. The minimum Gasteiger partial charge on any atom is -0.495 e. The molecule has 2 aromatic carbocycles. The molecule has 4 aromatic rings. The van der Waals surface area contributed by atoms with Gasteiger partial charge < -0.3 is 24.7 Å². The third-order valence-corrected chi connectivity index (χ3v) is 7.14. The van der Waals surface area contributed by atoms with Crippen LogP contribution in [0.3, 0.4) is 0 Å². The fraction of sp³-hybridized carbons (Fsp3) is 0.148. The minimum atomic E-state index is -0.396. The van der Waals surface area contributed by atoms with Crippen molar-refractivity contribution in [2.45, 2.75) is 19.0 Å². The third-order valence-electron chi connectivity index (χ3n) is 6.01. The van der Waals surface area contributed by atoms with Crippen LogP contribution in [0.2, 0.25) is 10.0 Å². The number of hydrogen-bond acceptors (Lipinski definition) is 5. The number of ether oxygens (including phenoxy) is 1. The molecule has 0 aliphatic carbocycles. The first-order valence-electron chi connectivity index (χ1n) is 11.4. The van der Waals surface area contributed by atoms with E-state index in [1.807, 2.05) is 59.5 Å². The molecule has 7 nitrogen and oxygen atoms in total. The normalized spacial score (nSPS) is 17.0. The van der Waals surface area contributed by atoms with Crippen LogP contribution < -0.4 is 20.3 Å². The van der Waals surface area contributed by atoms with E-state index in [4.69, 9.17) is 44.6 Å². The number of pyridine rings is 1. The van der Waals surface area contributed by atoms with Crippen molar-refractivity contribution in [3.8, 4) is 17.1 Å².